The SMILES string of the molecule is CCCOc1ccc(C(=O)N2CCN(c3ccc(NC(=O)c4ccc(Cl)c(Cl)c4)cc3Cl)CC2)cc1. The summed E-state index contributed by atoms with van der Waals surface area (Å²) < 4.78 is 5.59. The number of nitrogens with zero attached hydrogens (tertiary/aromatic N) is 2. The van der Waals surface area contributed by atoms with Crippen LogP contribution in [0, 0.1) is 0 Å². The van der Waals surface area contributed by atoms with E-state index in [0.29, 0.717) is 64.7 Å². The third kappa shape index (κ3) is 6.25. The highest BCUT2D eigenvalue weighted by Crippen LogP contribution is 2.30. The van der Waals surface area contributed by atoms with Gasteiger partial charge in [-0.2, -0.15) is 0 Å². The molecule has 1 aliphatic heterocycles. The van der Waals surface area contributed by atoms with Crippen LogP contribution < -0.4 is 15.0 Å². The summed E-state index contributed by atoms with van der Waals surface area (Å²) in [4.78, 5) is 29.5. The number of hydrogen-bond donors (Lipinski definition) is 1. The van der Waals surface area contributed by atoms with E-state index in [4.69, 9.17) is 39.5 Å². The van der Waals surface area contributed by atoms with Crippen LogP contribution in [0.25, 0.3) is 0 Å². The van der Waals surface area contributed by atoms with Gasteiger partial charge in [-0.25, -0.2) is 0 Å². The maximum Gasteiger partial charge on any atom is 0.255 e. The van der Waals surface area contributed by atoms with Crippen LogP contribution in [-0.4, -0.2) is 49.5 Å². The lowest BCUT2D eigenvalue weighted by Gasteiger charge is -2.36. The second-order valence-electron chi connectivity index (χ2n) is 8.40. The molecule has 0 spiro atoms. The van der Waals surface area contributed by atoms with Crippen molar-refractivity contribution in [2.45, 2.75) is 13.3 Å². The molecular weight excluding hydrogens is 521 g/mol. The minimum absolute atomic E-state index is 0.00292. The number of carbonyl (C=O) groups excluding carboxylic acids is 2. The Morgan fingerprint density at radius 3 is 2.17 bits per heavy atom. The molecule has 3 aromatic carbocycles. The van der Waals surface area contributed by atoms with Crippen LogP contribution in [0.4, 0.5) is 11.4 Å². The second-order valence-corrected chi connectivity index (χ2v) is 9.62. The summed E-state index contributed by atoms with van der Waals surface area (Å²) in [7, 11) is 0. The zero-order valence-electron chi connectivity index (χ0n) is 19.8. The minimum Gasteiger partial charge on any atom is -0.494 e. The maximum atomic E-state index is 12.9. The third-order valence-corrected chi connectivity index (χ3v) is 6.91. The Kier molecular flexibility index (Phi) is 8.62. The predicted octanol–water partition coefficient (Wildman–Crippen LogP) is 6.65. The number of benzene rings is 3. The van der Waals surface area contributed by atoms with Crippen molar-refractivity contribution in [3.63, 3.8) is 0 Å². The van der Waals surface area contributed by atoms with Crippen molar-refractivity contribution in [2.24, 2.45) is 0 Å². The number of rotatable bonds is 7. The summed E-state index contributed by atoms with van der Waals surface area (Å²) in [5, 5.41) is 4.04. The topological polar surface area (TPSA) is 61.9 Å². The second kappa shape index (κ2) is 11.9. The zero-order chi connectivity index (χ0) is 25.7. The molecule has 0 unspecified atom stereocenters. The smallest absolute Gasteiger partial charge is 0.255 e. The lowest BCUT2D eigenvalue weighted by atomic mass is 10.1. The number of ether oxygens (including phenoxy) is 1. The van der Waals surface area contributed by atoms with Crippen LogP contribution in [-0.2, 0) is 0 Å². The fourth-order valence-electron chi connectivity index (χ4n) is 3.93. The average Bonchev–Trinajstić information content (AvgIpc) is 2.89. The van der Waals surface area contributed by atoms with E-state index in [1.54, 1.807) is 24.3 Å². The largest absolute Gasteiger partial charge is 0.494 e. The van der Waals surface area contributed by atoms with Gasteiger partial charge >= 0.3 is 0 Å². The number of hydrogen-bond acceptors (Lipinski definition) is 4. The van der Waals surface area contributed by atoms with Gasteiger partial charge in [0.15, 0.2) is 0 Å². The molecule has 0 aliphatic carbocycles. The molecule has 1 heterocycles. The molecule has 0 bridgehead atoms. The Morgan fingerprint density at radius 1 is 0.833 bits per heavy atom. The van der Waals surface area contributed by atoms with Gasteiger partial charge in [-0.05, 0) is 67.1 Å². The first-order chi connectivity index (χ1) is 17.4. The molecule has 3 aromatic rings. The van der Waals surface area contributed by atoms with E-state index in [2.05, 4.69) is 17.1 Å². The molecule has 9 heteroatoms. The predicted molar refractivity (Wildman–Crippen MR) is 146 cm³/mol. The van der Waals surface area contributed by atoms with Crippen molar-refractivity contribution in [3.05, 3.63) is 86.9 Å². The number of amides is 2. The Balaban J connectivity index is 1.34. The van der Waals surface area contributed by atoms with Crippen LogP contribution in [0.1, 0.15) is 34.1 Å². The Bertz CT molecular complexity index is 1240. The Hall–Kier alpha value is -2.93. The minimum atomic E-state index is -0.311. The molecule has 6 nitrogen and oxygen atoms in total. The number of anilines is 2. The van der Waals surface area contributed by atoms with Gasteiger partial charge in [0.2, 0.25) is 0 Å². The van der Waals surface area contributed by atoms with E-state index in [9.17, 15) is 9.59 Å². The fourth-order valence-corrected chi connectivity index (χ4v) is 4.53. The summed E-state index contributed by atoms with van der Waals surface area (Å²) in [6, 6.07) is 17.4. The molecule has 2 amide bonds. The molecule has 4 rings (SSSR count). The van der Waals surface area contributed by atoms with E-state index in [0.717, 1.165) is 17.9 Å². The lowest BCUT2D eigenvalue weighted by molar-refractivity contribution is 0.0746. The molecule has 0 aromatic heterocycles. The first-order valence-electron chi connectivity index (χ1n) is 11.7. The number of carbonyl (C=O) groups is 2. The van der Waals surface area contributed by atoms with E-state index >= 15 is 0 Å². The Morgan fingerprint density at radius 2 is 1.53 bits per heavy atom. The molecule has 36 heavy (non-hydrogen) atoms. The van der Waals surface area contributed by atoms with Crippen molar-refractivity contribution in [2.75, 3.05) is 43.0 Å². The van der Waals surface area contributed by atoms with E-state index in [-0.39, 0.29) is 11.8 Å². The van der Waals surface area contributed by atoms with Crippen LogP contribution in [0.2, 0.25) is 15.1 Å². The van der Waals surface area contributed by atoms with Gasteiger partial charge in [0, 0.05) is 43.0 Å². The highest BCUT2D eigenvalue weighted by molar-refractivity contribution is 6.42. The van der Waals surface area contributed by atoms with Gasteiger partial charge in [0.25, 0.3) is 11.8 Å². The molecular formula is C27H26Cl3N3O3. The number of halogens is 3. The van der Waals surface area contributed by atoms with Gasteiger partial charge in [-0.15, -0.1) is 0 Å². The van der Waals surface area contributed by atoms with Crippen LogP contribution in [0.3, 0.4) is 0 Å². The van der Waals surface area contributed by atoms with E-state index in [1.807, 2.05) is 35.2 Å². The van der Waals surface area contributed by atoms with Gasteiger partial charge < -0.3 is 19.9 Å². The van der Waals surface area contributed by atoms with Gasteiger partial charge in [-0.1, -0.05) is 41.7 Å². The fraction of sp³-hybridized carbons (Fsp3) is 0.259. The summed E-state index contributed by atoms with van der Waals surface area (Å²) >= 11 is 18.5. The third-order valence-electron chi connectivity index (χ3n) is 5.87. The number of piperazine rings is 1. The number of nitrogens with one attached hydrogen (secondary N) is 1. The first-order valence-corrected chi connectivity index (χ1v) is 12.8. The molecule has 1 N–H and O–H groups in total. The van der Waals surface area contributed by atoms with Crippen LogP contribution in [0.15, 0.2) is 60.7 Å². The molecule has 1 saturated heterocycles. The van der Waals surface area contributed by atoms with Gasteiger partial charge in [0.05, 0.1) is 27.4 Å². The van der Waals surface area contributed by atoms with Crippen molar-refractivity contribution in [3.8, 4) is 5.75 Å². The van der Waals surface area contributed by atoms with E-state index in [1.165, 1.54) is 6.07 Å². The highest BCUT2D eigenvalue weighted by Gasteiger charge is 2.23. The lowest BCUT2D eigenvalue weighted by Crippen LogP contribution is -2.48. The molecule has 0 atom stereocenters. The normalized spacial score (nSPS) is 13.4. The molecule has 0 saturated carbocycles. The van der Waals surface area contributed by atoms with Crippen LogP contribution in [0.5, 0.6) is 5.75 Å². The Labute approximate surface area is 225 Å². The van der Waals surface area contributed by atoms with E-state index < -0.39 is 0 Å². The van der Waals surface area contributed by atoms with Gasteiger partial charge in [0.1, 0.15) is 5.75 Å². The molecule has 1 fully saturated rings. The van der Waals surface area contributed by atoms with Gasteiger partial charge in [-0.3, -0.25) is 9.59 Å². The summed E-state index contributed by atoms with van der Waals surface area (Å²) in [5.41, 5.74) is 2.47. The van der Waals surface area contributed by atoms with Crippen molar-refractivity contribution in [1.29, 1.82) is 0 Å². The molecule has 0 radical (unpaired) electrons. The van der Waals surface area contributed by atoms with Crippen molar-refractivity contribution >= 4 is 58.0 Å². The van der Waals surface area contributed by atoms with Crippen molar-refractivity contribution < 1.29 is 14.3 Å². The summed E-state index contributed by atoms with van der Waals surface area (Å²) in [6.45, 7) is 5.17. The first kappa shape index (κ1) is 26.1. The summed E-state index contributed by atoms with van der Waals surface area (Å²) in [5.74, 6) is 0.460. The molecule has 188 valence electrons. The maximum absolute atomic E-state index is 12.9. The monoisotopic (exact) mass is 545 g/mol. The average molecular weight is 547 g/mol. The molecule has 1 aliphatic rings. The zero-order valence-corrected chi connectivity index (χ0v) is 22.0. The quantitative estimate of drug-likeness (QED) is 0.360. The summed E-state index contributed by atoms with van der Waals surface area (Å²) in [6.07, 6.45) is 0.936. The highest BCUT2D eigenvalue weighted by atomic mass is 35.5. The van der Waals surface area contributed by atoms with Crippen molar-refractivity contribution in [1.82, 2.24) is 4.90 Å². The standard InChI is InChI=1S/C27H26Cl3N3O3/c1-2-15-36-21-7-3-18(4-8-21)27(35)33-13-11-32(12-14-33)25-10-6-20(17-24(25)30)31-26(34)19-5-9-22(28)23(29)16-19/h3-10,16-17H,2,11-15H2,1H3,(H,31,34). The van der Waals surface area contributed by atoms with Crippen LogP contribution >= 0.6 is 34.8 Å².